The van der Waals surface area contributed by atoms with Gasteiger partial charge in [0.15, 0.2) is 0 Å². The van der Waals surface area contributed by atoms with E-state index in [1.165, 1.54) is 0 Å². The number of urea groups is 1. The summed E-state index contributed by atoms with van der Waals surface area (Å²) in [6.45, 7) is 5.41. The summed E-state index contributed by atoms with van der Waals surface area (Å²) >= 11 is 0. The number of carbonyl (C=O) groups excluding carboxylic acids is 1. The highest BCUT2D eigenvalue weighted by Crippen LogP contribution is 2.36. The summed E-state index contributed by atoms with van der Waals surface area (Å²) in [6.07, 6.45) is -8.30. The van der Waals surface area contributed by atoms with Gasteiger partial charge in [0.05, 0.1) is 22.9 Å². The first-order valence-corrected chi connectivity index (χ1v) is 10.1. The first-order valence-electron chi connectivity index (χ1n) is 10.1. The van der Waals surface area contributed by atoms with Crippen LogP contribution in [0.5, 0.6) is 0 Å². The lowest BCUT2D eigenvalue weighted by molar-refractivity contribution is -0.139. The van der Waals surface area contributed by atoms with Gasteiger partial charge in [-0.05, 0) is 61.7 Å². The van der Waals surface area contributed by atoms with E-state index in [0.29, 0.717) is 5.69 Å². The fourth-order valence-electron chi connectivity index (χ4n) is 3.72. The number of benzene rings is 2. The number of halogens is 6. The summed E-state index contributed by atoms with van der Waals surface area (Å²) in [5.41, 5.74) is 0.315. The summed E-state index contributed by atoms with van der Waals surface area (Å²) in [5, 5.41) is 5.07. The molecule has 1 atom stereocenters. The molecule has 1 aromatic heterocycles. The number of aromatic nitrogens is 1. The Bertz CT molecular complexity index is 1160. The molecule has 3 aromatic rings. The van der Waals surface area contributed by atoms with Gasteiger partial charge in [-0.25, -0.2) is 4.79 Å². The molecule has 0 bridgehead atoms. The zero-order valence-corrected chi connectivity index (χ0v) is 18.4. The van der Waals surface area contributed by atoms with Crippen molar-refractivity contribution in [2.45, 2.75) is 39.2 Å². The molecule has 0 aliphatic heterocycles. The number of aryl methyl sites for hydroxylation is 3. The van der Waals surface area contributed by atoms with Crippen LogP contribution in [0.25, 0.3) is 0 Å². The summed E-state index contributed by atoms with van der Waals surface area (Å²) in [4.78, 5) is 16.6. The molecule has 0 saturated heterocycles. The van der Waals surface area contributed by atoms with Crippen LogP contribution in [0.4, 0.5) is 36.8 Å². The van der Waals surface area contributed by atoms with Crippen LogP contribution in [0.15, 0.2) is 54.7 Å². The Morgan fingerprint density at radius 1 is 0.882 bits per heavy atom. The average molecular weight is 481 g/mol. The first-order chi connectivity index (χ1) is 15.8. The van der Waals surface area contributed by atoms with E-state index in [9.17, 15) is 31.1 Å². The van der Waals surface area contributed by atoms with Gasteiger partial charge in [-0.2, -0.15) is 26.3 Å². The van der Waals surface area contributed by atoms with Crippen LogP contribution < -0.4 is 10.6 Å². The van der Waals surface area contributed by atoms with Crippen molar-refractivity contribution < 1.29 is 31.1 Å². The highest BCUT2D eigenvalue weighted by molar-refractivity contribution is 5.91. The maximum absolute atomic E-state index is 13.7. The Morgan fingerprint density at radius 3 is 2.00 bits per heavy atom. The van der Waals surface area contributed by atoms with Gasteiger partial charge in [0.2, 0.25) is 0 Å². The van der Waals surface area contributed by atoms with Gasteiger partial charge < -0.3 is 10.6 Å². The van der Waals surface area contributed by atoms with Crippen LogP contribution in [0.3, 0.4) is 0 Å². The van der Waals surface area contributed by atoms with Gasteiger partial charge in [-0.1, -0.05) is 29.8 Å². The van der Waals surface area contributed by atoms with Crippen molar-refractivity contribution in [2.75, 3.05) is 5.32 Å². The number of carbonyl (C=O) groups is 1. The Kier molecular flexibility index (Phi) is 6.90. The van der Waals surface area contributed by atoms with E-state index in [2.05, 4.69) is 15.6 Å². The molecule has 34 heavy (non-hydrogen) atoms. The summed E-state index contributed by atoms with van der Waals surface area (Å²) in [5.74, 6) is 0. The minimum absolute atomic E-state index is 0.00435. The van der Waals surface area contributed by atoms with Gasteiger partial charge in [0.25, 0.3) is 0 Å². The van der Waals surface area contributed by atoms with E-state index in [0.717, 1.165) is 59.3 Å². The van der Waals surface area contributed by atoms with Gasteiger partial charge in [-0.3, -0.25) is 4.98 Å². The third-order valence-corrected chi connectivity index (χ3v) is 5.18. The summed E-state index contributed by atoms with van der Waals surface area (Å²) in [7, 11) is 0. The molecule has 2 aromatic carbocycles. The van der Waals surface area contributed by atoms with Gasteiger partial charge in [-0.15, -0.1) is 0 Å². The van der Waals surface area contributed by atoms with Crippen LogP contribution in [-0.2, 0) is 12.4 Å². The number of hydrogen-bond acceptors (Lipinski definition) is 2. The van der Waals surface area contributed by atoms with E-state index < -0.39 is 41.2 Å². The molecule has 0 radical (unpaired) electrons. The van der Waals surface area contributed by atoms with Crippen LogP contribution in [0.2, 0.25) is 0 Å². The first kappa shape index (κ1) is 25.1. The van der Waals surface area contributed by atoms with Gasteiger partial charge >= 0.3 is 18.4 Å². The predicted octanol–water partition coefficient (Wildman–Crippen LogP) is 6.96. The Hall–Kier alpha value is -3.56. The number of rotatable bonds is 4. The SMILES string of the molecule is Cc1cc(C)c(NC(=O)NC(c2ccc(C(F)(F)F)cc2)c2ncccc2C(F)(F)F)c(C)c1. The number of alkyl halides is 6. The number of hydrogen-bond donors (Lipinski definition) is 2. The molecule has 0 saturated carbocycles. The number of anilines is 1. The highest BCUT2D eigenvalue weighted by Gasteiger charge is 2.37. The molecule has 0 aliphatic rings. The lowest BCUT2D eigenvalue weighted by Gasteiger charge is -2.23. The van der Waals surface area contributed by atoms with Gasteiger partial charge in [0.1, 0.15) is 0 Å². The van der Waals surface area contributed by atoms with Crippen LogP contribution in [-0.4, -0.2) is 11.0 Å². The maximum atomic E-state index is 13.7. The standard InChI is InChI=1S/C24H21F6N3O/c1-13-11-14(2)19(15(3)12-13)32-22(34)33-20(16-6-8-17(9-7-16)23(25,26)27)21-18(24(28,29)30)5-4-10-31-21/h4-12,20H,1-3H3,(H2,32,33,34). The summed E-state index contributed by atoms with van der Waals surface area (Å²) < 4.78 is 79.9. The van der Waals surface area contributed by atoms with E-state index >= 15 is 0 Å². The average Bonchev–Trinajstić information content (AvgIpc) is 2.73. The minimum Gasteiger partial charge on any atom is -0.325 e. The van der Waals surface area contributed by atoms with Gasteiger partial charge in [0, 0.05) is 11.9 Å². The monoisotopic (exact) mass is 481 g/mol. The zero-order valence-electron chi connectivity index (χ0n) is 18.4. The Labute approximate surface area is 192 Å². The second kappa shape index (κ2) is 9.36. The second-order valence-corrected chi connectivity index (χ2v) is 7.86. The number of amides is 2. The topological polar surface area (TPSA) is 54.0 Å². The quantitative estimate of drug-likeness (QED) is 0.396. The molecule has 180 valence electrons. The minimum atomic E-state index is -4.80. The molecule has 2 amide bonds. The normalized spacial score (nSPS) is 12.9. The van der Waals surface area contributed by atoms with E-state index in [1.54, 1.807) is 13.8 Å². The predicted molar refractivity (Wildman–Crippen MR) is 115 cm³/mol. The number of nitrogens with one attached hydrogen (secondary N) is 2. The largest absolute Gasteiger partial charge is 0.418 e. The molecule has 1 unspecified atom stereocenters. The smallest absolute Gasteiger partial charge is 0.325 e. The third-order valence-electron chi connectivity index (χ3n) is 5.18. The van der Waals surface area contributed by atoms with E-state index in [4.69, 9.17) is 0 Å². The van der Waals surface area contributed by atoms with Crippen molar-refractivity contribution in [3.8, 4) is 0 Å². The molecule has 2 N–H and O–H groups in total. The molecular formula is C24H21F6N3O. The molecule has 0 fully saturated rings. The lowest BCUT2D eigenvalue weighted by Crippen LogP contribution is -2.35. The molecular weight excluding hydrogens is 460 g/mol. The van der Waals surface area contributed by atoms with Crippen molar-refractivity contribution in [3.63, 3.8) is 0 Å². The molecule has 10 heteroatoms. The Morgan fingerprint density at radius 2 is 1.47 bits per heavy atom. The fraction of sp³-hybridized carbons (Fsp3) is 0.250. The van der Waals surface area contributed by atoms with Crippen molar-refractivity contribution >= 4 is 11.7 Å². The molecule has 0 spiro atoms. The van der Waals surface area contributed by atoms with Crippen molar-refractivity contribution in [1.82, 2.24) is 10.3 Å². The third kappa shape index (κ3) is 5.67. The van der Waals surface area contributed by atoms with E-state index in [1.807, 2.05) is 19.1 Å². The lowest BCUT2D eigenvalue weighted by atomic mass is 9.98. The number of nitrogens with zero attached hydrogens (tertiary/aromatic N) is 1. The zero-order chi connectivity index (χ0) is 25.3. The van der Waals surface area contributed by atoms with Crippen LogP contribution in [0.1, 0.15) is 45.1 Å². The Balaban J connectivity index is 2.02. The maximum Gasteiger partial charge on any atom is 0.418 e. The molecule has 3 rings (SSSR count). The van der Waals surface area contributed by atoms with Crippen LogP contribution in [0, 0.1) is 20.8 Å². The highest BCUT2D eigenvalue weighted by atomic mass is 19.4. The summed E-state index contributed by atoms with van der Waals surface area (Å²) in [6, 6.07) is 6.77. The molecule has 1 heterocycles. The second-order valence-electron chi connectivity index (χ2n) is 7.86. The number of pyridine rings is 1. The van der Waals surface area contributed by atoms with Crippen molar-refractivity contribution in [1.29, 1.82) is 0 Å². The molecule has 4 nitrogen and oxygen atoms in total. The van der Waals surface area contributed by atoms with E-state index in [-0.39, 0.29) is 5.56 Å². The van der Waals surface area contributed by atoms with Crippen molar-refractivity contribution in [3.05, 3.63) is 93.8 Å². The fourth-order valence-corrected chi connectivity index (χ4v) is 3.72. The molecule has 0 aliphatic carbocycles. The van der Waals surface area contributed by atoms with Crippen molar-refractivity contribution in [2.24, 2.45) is 0 Å². The van der Waals surface area contributed by atoms with Crippen LogP contribution >= 0.6 is 0 Å².